The number of aryl methyl sites for hydroxylation is 1. The van der Waals surface area contributed by atoms with E-state index in [0.717, 1.165) is 16.8 Å². The van der Waals surface area contributed by atoms with Crippen LogP contribution in [0.25, 0.3) is 0 Å². The molecule has 4 nitrogen and oxygen atoms in total. The quantitative estimate of drug-likeness (QED) is 0.878. The molecular weight excluding hydrogens is 307 g/mol. The Balaban J connectivity index is 1.59. The Morgan fingerprint density at radius 1 is 1.21 bits per heavy atom. The summed E-state index contributed by atoms with van der Waals surface area (Å²) < 4.78 is 18.8. The minimum Gasteiger partial charge on any atom is -0.399 e. The molecule has 1 fully saturated rings. The highest BCUT2D eigenvalue weighted by atomic mass is 19.1. The van der Waals surface area contributed by atoms with Crippen molar-refractivity contribution in [3.63, 3.8) is 0 Å². The fraction of sp³-hybridized carbons (Fsp3) is 0.316. The van der Waals surface area contributed by atoms with Crippen LogP contribution < -0.4 is 5.73 Å². The van der Waals surface area contributed by atoms with Crippen molar-refractivity contribution in [2.45, 2.75) is 18.9 Å². The number of nitrogens with two attached hydrogens (primary N) is 1. The molecule has 1 saturated heterocycles. The molecule has 2 aromatic carbocycles. The zero-order valence-corrected chi connectivity index (χ0v) is 13.5. The number of carbonyl (C=O) groups is 1. The second-order valence-corrected chi connectivity index (χ2v) is 5.95. The molecule has 2 aromatic rings. The van der Waals surface area contributed by atoms with Crippen LogP contribution in [0.5, 0.6) is 0 Å². The molecule has 1 aliphatic rings. The minimum atomic E-state index is -0.275. The number of rotatable bonds is 4. The molecule has 0 radical (unpaired) electrons. The van der Waals surface area contributed by atoms with Gasteiger partial charge in [0.25, 0.3) is 0 Å². The molecular formula is C19H21FN2O2. The molecule has 2 N–H and O–H groups in total. The topological polar surface area (TPSA) is 55.6 Å². The maximum atomic E-state index is 13.0. The average Bonchev–Trinajstić information content (AvgIpc) is 2.61. The van der Waals surface area contributed by atoms with Gasteiger partial charge in [-0.3, -0.25) is 4.79 Å². The predicted molar refractivity (Wildman–Crippen MR) is 90.8 cm³/mol. The van der Waals surface area contributed by atoms with Gasteiger partial charge in [0.1, 0.15) is 11.9 Å². The highest BCUT2D eigenvalue weighted by Crippen LogP contribution is 2.23. The van der Waals surface area contributed by atoms with E-state index in [1.165, 1.54) is 12.1 Å². The molecule has 3 rings (SSSR count). The lowest BCUT2D eigenvalue weighted by molar-refractivity contribution is -0.139. The summed E-state index contributed by atoms with van der Waals surface area (Å²) in [6, 6.07) is 13.8. The Hall–Kier alpha value is -2.40. The summed E-state index contributed by atoms with van der Waals surface area (Å²) in [7, 11) is 0. The van der Waals surface area contributed by atoms with Gasteiger partial charge in [-0.1, -0.05) is 30.3 Å². The van der Waals surface area contributed by atoms with E-state index in [0.29, 0.717) is 32.5 Å². The number of carbonyl (C=O) groups excluding carboxylic acids is 1. The van der Waals surface area contributed by atoms with Gasteiger partial charge in [-0.05, 0) is 35.7 Å². The monoisotopic (exact) mass is 328 g/mol. The van der Waals surface area contributed by atoms with E-state index < -0.39 is 0 Å². The van der Waals surface area contributed by atoms with Crippen LogP contribution in [0.15, 0.2) is 48.5 Å². The van der Waals surface area contributed by atoms with Crippen molar-refractivity contribution in [1.82, 2.24) is 4.90 Å². The van der Waals surface area contributed by atoms with Crippen LogP contribution in [0.2, 0.25) is 0 Å². The van der Waals surface area contributed by atoms with Crippen molar-refractivity contribution in [3.8, 4) is 0 Å². The van der Waals surface area contributed by atoms with E-state index in [-0.39, 0.29) is 17.8 Å². The molecule has 0 aromatic heterocycles. The first kappa shape index (κ1) is 16.5. The van der Waals surface area contributed by atoms with Gasteiger partial charge in [0.05, 0.1) is 13.2 Å². The number of hydrogen-bond acceptors (Lipinski definition) is 3. The fourth-order valence-electron chi connectivity index (χ4n) is 2.92. The minimum absolute atomic E-state index is 0.0914. The van der Waals surface area contributed by atoms with Crippen LogP contribution in [-0.2, 0) is 16.0 Å². The van der Waals surface area contributed by atoms with E-state index in [1.807, 2.05) is 29.2 Å². The smallest absolute Gasteiger partial charge is 0.223 e. The molecule has 5 heteroatoms. The van der Waals surface area contributed by atoms with Crippen molar-refractivity contribution in [2.24, 2.45) is 0 Å². The van der Waals surface area contributed by atoms with Crippen LogP contribution in [0.3, 0.4) is 0 Å². The van der Waals surface area contributed by atoms with Gasteiger partial charge in [-0.25, -0.2) is 4.39 Å². The van der Waals surface area contributed by atoms with Crippen molar-refractivity contribution < 1.29 is 13.9 Å². The van der Waals surface area contributed by atoms with E-state index in [1.54, 1.807) is 12.1 Å². The molecule has 1 aliphatic heterocycles. The molecule has 0 aliphatic carbocycles. The van der Waals surface area contributed by atoms with E-state index in [2.05, 4.69) is 0 Å². The summed E-state index contributed by atoms with van der Waals surface area (Å²) in [5.74, 6) is -0.184. The van der Waals surface area contributed by atoms with Gasteiger partial charge < -0.3 is 15.4 Å². The molecule has 0 saturated carbocycles. The molecule has 1 amide bonds. The van der Waals surface area contributed by atoms with E-state index in [4.69, 9.17) is 10.5 Å². The lowest BCUT2D eigenvalue weighted by Crippen LogP contribution is -2.42. The third-order valence-corrected chi connectivity index (χ3v) is 4.32. The van der Waals surface area contributed by atoms with Crippen LogP contribution in [0.1, 0.15) is 23.7 Å². The van der Waals surface area contributed by atoms with Crippen molar-refractivity contribution in [2.75, 3.05) is 25.4 Å². The normalized spacial score (nSPS) is 17.7. The number of amides is 1. The van der Waals surface area contributed by atoms with Crippen LogP contribution in [-0.4, -0.2) is 30.5 Å². The van der Waals surface area contributed by atoms with E-state index >= 15 is 0 Å². The maximum absolute atomic E-state index is 13.0. The predicted octanol–water partition coefficient (Wildman–Crippen LogP) is 2.94. The molecule has 1 heterocycles. The summed E-state index contributed by atoms with van der Waals surface area (Å²) >= 11 is 0. The molecule has 0 spiro atoms. The fourth-order valence-corrected chi connectivity index (χ4v) is 2.92. The number of hydrogen-bond donors (Lipinski definition) is 1. The summed E-state index contributed by atoms with van der Waals surface area (Å²) in [6.07, 6.45) is 0.846. The third kappa shape index (κ3) is 3.92. The number of ether oxygens (including phenoxy) is 1. The summed E-state index contributed by atoms with van der Waals surface area (Å²) in [5.41, 5.74) is 8.52. The summed E-state index contributed by atoms with van der Waals surface area (Å²) in [6.45, 7) is 1.57. The molecule has 126 valence electrons. The molecule has 0 bridgehead atoms. The third-order valence-electron chi connectivity index (χ3n) is 4.32. The number of morpholine rings is 1. The molecule has 24 heavy (non-hydrogen) atoms. The zero-order valence-electron chi connectivity index (χ0n) is 13.5. The van der Waals surface area contributed by atoms with Gasteiger partial charge in [-0.2, -0.15) is 0 Å². The Morgan fingerprint density at radius 3 is 2.71 bits per heavy atom. The number of anilines is 1. The number of halogens is 1. The Labute approximate surface area is 141 Å². The Kier molecular flexibility index (Phi) is 5.11. The van der Waals surface area contributed by atoms with Crippen molar-refractivity contribution in [1.29, 1.82) is 0 Å². The number of nitrogen functional groups attached to an aromatic ring is 1. The number of para-hydroxylation sites is 1. The highest BCUT2D eigenvalue weighted by Gasteiger charge is 2.25. The first-order valence-electron chi connectivity index (χ1n) is 8.11. The van der Waals surface area contributed by atoms with Gasteiger partial charge in [-0.15, -0.1) is 0 Å². The first-order valence-corrected chi connectivity index (χ1v) is 8.11. The number of benzene rings is 2. The van der Waals surface area contributed by atoms with E-state index in [9.17, 15) is 9.18 Å². The van der Waals surface area contributed by atoms with Crippen LogP contribution >= 0.6 is 0 Å². The first-order chi connectivity index (χ1) is 11.6. The maximum Gasteiger partial charge on any atom is 0.223 e. The SMILES string of the molecule is Nc1ccccc1CCC(=O)N1CCOC(c2ccc(F)cc2)C1. The van der Waals surface area contributed by atoms with Crippen molar-refractivity contribution >= 4 is 11.6 Å². The Bertz CT molecular complexity index is 703. The van der Waals surface area contributed by atoms with Crippen LogP contribution in [0.4, 0.5) is 10.1 Å². The second kappa shape index (κ2) is 7.45. The van der Waals surface area contributed by atoms with Gasteiger partial charge in [0, 0.05) is 18.7 Å². The number of nitrogens with zero attached hydrogens (tertiary/aromatic N) is 1. The average molecular weight is 328 g/mol. The van der Waals surface area contributed by atoms with Crippen LogP contribution in [0, 0.1) is 5.82 Å². The highest BCUT2D eigenvalue weighted by molar-refractivity contribution is 5.77. The zero-order chi connectivity index (χ0) is 16.9. The lowest BCUT2D eigenvalue weighted by atomic mass is 10.1. The second-order valence-electron chi connectivity index (χ2n) is 5.95. The van der Waals surface area contributed by atoms with Crippen molar-refractivity contribution in [3.05, 3.63) is 65.5 Å². The Morgan fingerprint density at radius 2 is 1.96 bits per heavy atom. The van der Waals surface area contributed by atoms with Gasteiger partial charge in [0.15, 0.2) is 0 Å². The lowest BCUT2D eigenvalue weighted by Gasteiger charge is -2.33. The summed E-state index contributed by atoms with van der Waals surface area (Å²) in [5, 5.41) is 0. The largest absolute Gasteiger partial charge is 0.399 e. The molecule has 1 atom stereocenters. The molecule has 1 unspecified atom stereocenters. The van der Waals surface area contributed by atoms with Gasteiger partial charge >= 0.3 is 0 Å². The summed E-state index contributed by atoms with van der Waals surface area (Å²) in [4.78, 5) is 14.3. The standard InChI is InChI=1S/C19H21FN2O2/c20-16-8-5-15(6-9-16)18-13-22(11-12-24-18)19(23)10-7-14-3-1-2-4-17(14)21/h1-6,8-9,18H,7,10-13,21H2. The van der Waals surface area contributed by atoms with Gasteiger partial charge in [0.2, 0.25) is 5.91 Å².